The molecule has 1 aromatic carbocycles. The van der Waals surface area contributed by atoms with Crippen LogP contribution in [-0.2, 0) is 17.9 Å². The molecule has 3 heterocycles. The second-order valence-electron chi connectivity index (χ2n) is 6.08. The average Bonchev–Trinajstić information content (AvgIpc) is 3.05. The van der Waals surface area contributed by atoms with Crippen molar-refractivity contribution in [3.05, 3.63) is 41.5 Å². The molecule has 0 radical (unpaired) electrons. The van der Waals surface area contributed by atoms with Crippen molar-refractivity contribution in [2.45, 2.75) is 31.7 Å². The van der Waals surface area contributed by atoms with E-state index >= 15 is 0 Å². The van der Waals surface area contributed by atoms with Gasteiger partial charge in [0.2, 0.25) is 0 Å². The molecular weight excluding hydrogens is 299 g/mol. The Kier molecular flexibility index (Phi) is 3.74. The van der Waals surface area contributed by atoms with Crippen molar-refractivity contribution < 1.29 is 13.9 Å². The SMILES string of the molecule is COc1cc(CN2CC[C@@H]3OCc4cnnn4[C@H]3C2)ccc1F. The van der Waals surface area contributed by atoms with Crippen molar-refractivity contribution in [2.24, 2.45) is 0 Å². The molecule has 1 aromatic heterocycles. The van der Waals surface area contributed by atoms with Gasteiger partial charge in [-0.05, 0) is 24.1 Å². The third-order valence-corrected chi connectivity index (χ3v) is 4.63. The summed E-state index contributed by atoms with van der Waals surface area (Å²) in [7, 11) is 1.49. The van der Waals surface area contributed by atoms with Gasteiger partial charge in [-0.3, -0.25) is 4.90 Å². The first-order valence-electron chi connectivity index (χ1n) is 7.80. The third kappa shape index (κ3) is 2.70. The van der Waals surface area contributed by atoms with E-state index in [0.717, 1.165) is 37.3 Å². The van der Waals surface area contributed by atoms with Gasteiger partial charge < -0.3 is 9.47 Å². The van der Waals surface area contributed by atoms with Crippen LogP contribution < -0.4 is 4.74 Å². The molecule has 0 amide bonds. The molecule has 1 fully saturated rings. The molecule has 0 bridgehead atoms. The zero-order valence-corrected chi connectivity index (χ0v) is 13.0. The summed E-state index contributed by atoms with van der Waals surface area (Å²) in [6.07, 6.45) is 2.92. The summed E-state index contributed by atoms with van der Waals surface area (Å²) in [6.45, 7) is 3.14. The Morgan fingerprint density at radius 1 is 1.43 bits per heavy atom. The van der Waals surface area contributed by atoms with Crippen LogP contribution in [0.1, 0.15) is 23.7 Å². The van der Waals surface area contributed by atoms with Gasteiger partial charge in [-0.2, -0.15) is 0 Å². The number of fused-ring (bicyclic) bond motifs is 3. The Hall–Kier alpha value is -1.99. The fourth-order valence-electron chi connectivity index (χ4n) is 3.45. The second kappa shape index (κ2) is 5.90. The van der Waals surface area contributed by atoms with Gasteiger partial charge in [0.1, 0.15) is 0 Å². The predicted molar refractivity (Wildman–Crippen MR) is 80.5 cm³/mol. The van der Waals surface area contributed by atoms with E-state index in [2.05, 4.69) is 15.2 Å². The van der Waals surface area contributed by atoms with Crippen molar-refractivity contribution >= 4 is 0 Å². The average molecular weight is 318 g/mol. The van der Waals surface area contributed by atoms with E-state index in [0.29, 0.717) is 6.61 Å². The molecular formula is C16H19FN4O2. The molecule has 0 unspecified atom stereocenters. The zero-order chi connectivity index (χ0) is 15.8. The molecule has 1 saturated heterocycles. The highest BCUT2D eigenvalue weighted by molar-refractivity contribution is 5.30. The van der Waals surface area contributed by atoms with Crippen LogP contribution in [0.3, 0.4) is 0 Å². The number of aromatic nitrogens is 3. The number of halogens is 1. The largest absolute Gasteiger partial charge is 0.494 e. The lowest BCUT2D eigenvalue weighted by Gasteiger charge is -2.41. The van der Waals surface area contributed by atoms with Crippen LogP contribution >= 0.6 is 0 Å². The Morgan fingerprint density at radius 3 is 3.22 bits per heavy atom. The molecule has 7 heteroatoms. The summed E-state index contributed by atoms with van der Waals surface area (Å²) in [5.41, 5.74) is 2.06. The summed E-state index contributed by atoms with van der Waals surface area (Å²) in [6, 6.07) is 5.22. The Morgan fingerprint density at radius 2 is 2.35 bits per heavy atom. The molecule has 2 atom stereocenters. The van der Waals surface area contributed by atoms with Crippen LogP contribution in [0.4, 0.5) is 4.39 Å². The summed E-state index contributed by atoms with van der Waals surface area (Å²) in [5.74, 6) is -0.0418. The minimum atomic E-state index is -0.331. The topological polar surface area (TPSA) is 52.4 Å². The molecule has 0 spiro atoms. The molecule has 122 valence electrons. The van der Waals surface area contributed by atoms with Gasteiger partial charge in [0, 0.05) is 19.6 Å². The lowest BCUT2D eigenvalue weighted by molar-refractivity contribution is -0.0669. The summed E-state index contributed by atoms with van der Waals surface area (Å²) in [4.78, 5) is 2.34. The number of nitrogens with zero attached hydrogens (tertiary/aromatic N) is 4. The van der Waals surface area contributed by atoms with Gasteiger partial charge >= 0.3 is 0 Å². The number of rotatable bonds is 3. The maximum absolute atomic E-state index is 13.5. The smallest absolute Gasteiger partial charge is 0.165 e. The molecule has 4 rings (SSSR count). The molecule has 2 aliphatic rings. The summed E-state index contributed by atoms with van der Waals surface area (Å²) >= 11 is 0. The first-order chi connectivity index (χ1) is 11.2. The van der Waals surface area contributed by atoms with E-state index in [1.807, 2.05) is 10.7 Å². The quantitative estimate of drug-likeness (QED) is 0.863. The number of hydrogen-bond acceptors (Lipinski definition) is 5. The second-order valence-corrected chi connectivity index (χ2v) is 6.08. The van der Waals surface area contributed by atoms with Crippen molar-refractivity contribution in [1.82, 2.24) is 19.9 Å². The monoisotopic (exact) mass is 318 g/mol. The number of hydrogen-bond donors (Lipinski definition) is 0. The number of ether oxygens (including phenoxy) is 2. The Balaban J connectivity index is 1.50. The minimum Gasteiger partial charge on any atom is -0.494 e. The summed E-state index contributed by atoms with van der Waals surface area (Å²) in [5, 5.41) is 8.20. The van der Waals surface area contributed by atoms with Crippen LogP contribution in [0.15, 0.2) is 24.4 Å². The van der Waals surface area contributed by atoms with Crippen molar-refractivity contribution in [1.29, 1.82) is 0 Å². The van der Waals surface area contributed by atoms with Gasteiger partial charge in [-0.15, -0.1) is 5.10 Å². The first-order valence-corrected chi connectivity index (χ1v) is 7.80. The molecule has 23 heavy (non-hydrogen) atoms. The minimum absolute atomic E-state index is 0.192. The highest BCUT2D eigenvalue weighted by Crippen LogP contribution is 2.31. The van der Waals surface area contributed by atoms with Gasteiger partial charge in [-0.25, -0.2) is 9.07 Å². The molecule has 0 aliphatic carbocycles. The maximum atomic E-state index is 13.5. The highest BCUT2D eigenvalue weighted by Gasteiger charge is 2.36. The molecule has 2 aromatic rings. The van der Waals surface area contributed by atoms with Crippen LogP contribution in [-0.4, -0.2) is 46.2 Å². The number of piperidine rings is 1. The molecule has 0 saturated carbocycles. The van der Waals surface area contributed by atoms with E-state index in [1.54, 1.807) is 12.3 Å². The molecule has 2 aliphatic heterocycles. The lowest BCUT2D eigenvalue weighted by Crippen LogP contribution is -2.47. The third-order valence-electron chi connectivity index (χ3n) is 4.63. The Labute approximate surface area is 133 Å². The number of methoxy groups -OCH3 is 1. The molecule has 0 N–H and O–H groups in total. The number of likely N-dealkylation sites (tertiary alicyclic amines) is 1. The molecule has 6 nitrogen and oxygen atoms in total. The van der Waals surface area contributed by atoms with Gasteiger partial charge in [-0.1, -0.05) is 11.3 Å². The van der Waals surface area contributed by atoms with Crippen molar-refractivity contribution in [3.63, 3.8) is 0 Å². The van der Waals surface area contributed by atoms with Crippen LogP contribution in [0, 0.1) is 5.82 Å². The van der Waals surface area contributed by atoms with Gasteiger partial charge in [0.05, 0.1) is 37.8 Å². The first kappa shape index (κ1) is 14.6. The van der Waals surface area contributed by atoms with E-state index in [-0.39, 0.29) is 23.7 Å². The highest BCUT2D eigenvalue weighted by atomic mass is 19.1. The van der Waals surface area contributed by atoms with E-state index in [4.69, 9.17) is 9.47 Å². The van der Waals surface area contributed by atoms with Crippen molar-refractivity contribution in [2.75, 3.05) is 20.2 Å². The number of benzene rings is 1. The van der Waals surface area contributed by atoms with Crippen molar-refractivity contribution in [3.8, 4) is 5.75 Å². The lowest BCUT2D eigenvalue weighted by atomic mass is 10.00. The normalized spacial score (nSPS) is 24.1. The van der Waals surface area contributed by atoms with E-state index in [9.17, 15) is 4.39 Å². The summed E-state index contributed by atoms with van der Waals surface area (Å²) < 4.78 is 26.5. The van der Waals surface area contributed by atoms with Gasteiger partial charge in [0.15, 0.2) is 11.6 Å². The fourth-order valence-corrected chi connectivity index (χ4v) is 3.45. The van der Waals surface area contributed by atoms with E-state index in [1.165, 1.54) is 13.2 Å². The van der Waals surface area contributed by atoms with Gasteiger partial charge in [0.25, 0.3) is 0 Å². The van der Waals surface area contributed by atoms with Crippen LogP contribution in [0.2, 0.25) is 0 Å². The maximum Gasteiger partial charge on any atom is 0.165 e. The van der Waals surface area contributed by atoms with Crippen LogP contribution in [0.5, 0.6) is 5.75 Å². The van der Waals surface area contributed by atoms with E-state index < -0.39 is 0 Å². The predicted octanol–water partition coefficient (Wildman–Crippen LogP) is 1.77. The Bertz CT molecular complexity index is 705. The fraction of sp³-hybridized carbons (Fsp3) is 0.500. The standard InChI is InChI=1S/C16H19FN4O2/c1-22-16-6-11(2-3-13(16)17)8-20-5-4-15-14(9-20)21-12(10-23-15)7-18-19-21/h2-3,6-7,14-15H,4-5,8-10H2,1H3/t14-,15-/m0/s1. The zero-order valence-electron chi connectivity index (χ0n) is 13.0. The van der Waals surface area contributed by atoms with Crippen LogP contribution in [0.25, 0.3) is 0 Å².